The molecule has 2 heterocycles. The number of hydrogen-bond donors (Lipinski definition) is 3. The number of fused-ring (bicyclic) bond motifs is 1. The smallest absolute Gasteiger partial charge is 0.273 e. The number of rotatable bonds is 0. The van der Waals surface area contributed by atoms with E-state index in [-0.39, 0.29) is 11.1 Å². The minimum absolute atomic E-state index is 0.226. The van der Waals surface area contributed by atoms with E-state index in [9.17, 15) is 9.59 Å². The van der Waals surface area contributed by atoms with Crippen molar-refractivity contribution < 1.29 is 0 Å². The molecule has 2 rings (SSSR count). The average Bonchev–Trinajstić information content (AvgIpc) is 2.32. The van der Waals surface area contributed by atoms with Gasteiger partial charge in [-0.1, -0.05) is 0 Å². The molecule has 0 aliphatic carbocycles. The summed E-state index contributed by atoms with van der Waals surface area (Å²) in [7, 11) is 0. The van der Waals surface area contributed by atoms with E-state index in [0.717, 1.165) is 0 Å². The van der Waals surface area contributed by atoms with Crippen molar-refractivity contribution in [2.24, 2.45) is 0 Å². The van der Waals surface area contributed by atoms with Crippen LogP contribution in [0.4, 0.5) is 0 Å². The van der Waals surface area contributed by atoms with Crippen molar-refractivity contribution in [1.29, 1.82) is 0 Å². The van der Waals surface area contributed by atoms with Gasteiger partial charge in [-0.15, -0.1) is 0 Å². The minimum Gasteiger partial charge on any atom is -0.328 e. The first-order valence-corrected chi connectivity index (χ1v) is 3.06. The molecule has 0 saturated heterocycles. The van der Waals surface area contributed by atoms with Crippen LogP contribution in [-0.4, -0.2) is 15.2 Å². The third-order valence-corrected chi connectivity index (χ3v) is 1.48. The van der Waals surface area contributed by atoms with Crippen LogP contribution in [-0.2, 0) is 0 Å². The van der Waals surface area contributed by atoms with Crippen molar-refractivity contribution in [1.82, 2.24) is 15.2 Å². The van der Waals surface area contributed by atoms with E-state index in [1.54, 1.807) is 0 Å². The number of aromatic amines is 3. The zero-order valence-electron chi connectivity index (χ0n) is 5.47. The molecule has 11 heavy (non-hydrogen) atoms. The van der Waals surface area contributed by atoms with Crippen LogP contribution in [0.1, 0.15) is 0 Å². The van der Waals surface area contributed by atoms with Crippen LogP contribution in [0.2, 0.25) is 0 Å². The van der Waals surface area contributed by atoms with Gasteiger partial charge in [0.05, 0.1) is 10.9 Å². The molecule has 2 aromatic rings. The van der Waals surface area contributed by atoms with Gasteiger partial charge in [-0.05, 0) is 0 Å². The number of nitrogens with one attached hydrogen (secondary N) is 3. The third kappa shape index (κ3) is 0.778. The maximum absolute atomic E-state index is 10.9. The molecule has 3 N–H and O–H groups in total. The van der Waals surface area contributed by atoms with E-state index in [1.807, 2.05) is 0 Å². The Morgan fingerprint density at radius 3 is 2.82 bits per heavy atom. The van der Waals surface area contributed by atoms with Crippen molar-refractivity contribution >= 4 is 10.9 Å². The molecule has 0 aliphatic rings. The van der Waals surface area contributed by atoms with Crippen LogP contribution in [0, 0.1) is 0 Å². The van der Waals surface area contributed by atoms with Crippen LogP contribution in [0.25, 0.3) is 10.9 Å². The zero-order chi connectivity index (χ0) is 7.84. The Morgan fingerprint density at radius 2 is 2.00 bits per heavy atom. The molecule has 0 aromatic carbocycles. The normalized spacial score (nSPS) is 10.5. The first-order valence-electron chi connectivity index (χ1n) is 3.06. The first-order chi connectivity index (χ1) is 5.27. The number of H-pyrrole nitrogens is 3. The highest BCUT2D eigenvalue weighted by molar-refractivity contribution is 5.75. The third-order valence-electron chi connectivity index (χ3n) is 1.48. The molecule has 2 aromatic heterocycles. The molecule has 0 fully saturated rings. The Labute approximate surface area is 60.1 Å². The molecule has 0 spiro atoms. The van der Waals surface area contributed by atoms with Gasteiger partial charge < -0.3 is 4.98 Å². The second-order valence-electron chi connectivity index (χ2n) is 2.20. The summed E-state index contributed by atoms with van der Waals surface area (Å²) in [6, 6.07) is 1.33. The summed E-state index contributed by atoms with van der Waals surface area (Å²) in [6.07, 6.45) is 1.38. The predicted octanol–water partition coefficient (Wildman–Crippen LogP) is -0.456. The Hall–Kier alpha value is -1.78. The molecule has 5 nitrogen and oxygen atoms in total. The Morgan fingerprint density at radius 1 is 1.18 bits per heavy atom. The lowest BCUT2D eigenvalue weighted by atomic mass is 10.3. The fraction of sp³-hybridized carbons (Fsp3) is 0. The van der Waals surface area contributed by atoms with Crippen molar-refractivity contribution in [3.05, 3.63) is 33.0 Å². The predicted molar refractivity (Wildman–Crippen MR) is 39.5 cm³/mol. The van der Waals surface area contributed by atoms with Crippen molar-refractivity contribution in [2.45, 2.75) is 0 Å². The largest absolute Gasteiger partial charge is 0.328 e. The van der Waals surface area contributed by atoms with Gasteiger partial charge in [0.1, 0.15) is 0 Å². The van der Waals surface area contributed by atoms with E-state index in [2.05, 4.69) is 15.2 Å². The number of hydrogen-bond acceptors (Lipinski definition) is 2. The van der Waals surface area contributed by atoms with Crippen molar-refractivity contribution in [3.63, 3.8) is 0 Å². The Kier molecular flexibility index (Phi) is 1.00. The number of pyridine rings is 1. The second-order valence-corrected chi connectivity index (χ2v) is 2.20. The highest BCUT2D eigenvalue weighted by atomic mass is 16.1. The zero-order valence-corrected chi connectivity index (χ0v) is 5.47. The van der Waals surface area contributed by atoms with Gasteiger partial charge in [0, 0.05) is 12.3 Å². The molecule has 5 heteroatoms. The Balaban J connectivity index is 3.08. The quantitative estimate of drug-likeness (QED) is 0.476. The van der Waals surface area contributed by atoms with E-state index in [1.165, 1.54) is 12.3 Å². The van der Waals surface area contributed by atoms with Gasteiger partial charge in [0.15, 0.2) is 0 Å². The van der Waals surface area contributed by atoms with Gasteiger partial charge in [-0.25, -0.2) is 0 Å². The molecule has 0 bridgehead atoms. The summed E-state index contributed by atoms with van der Waals surface area (Å²) in [6.45, 7) is 0. The summed E-state index contributed by atoms with van der Waals surface area (Å²) in [4.78, 5) is 24.0. The number of aromatic nitrogens is 3. The fourth-order valence-electron chi connectivity index (χ4n) is 0.954. The van der Waals surface area contributed by atoms with Crippen molar-refractivity contribution in [2.75, 3.05) is 0 Å². The van der Waals surface area contributed by atoms with E-state index in [4.69, 9.17) is 0 Å². The van der Waals surface area contributed by atoms with Gasteiger partial charge in [0.2, 0.25) is 5.56 Å². The summed E-state index contributed by atoms with van der Waals surface area (Å²) >= 11 is 0. The molecule has 56 valence electrons. The highest BCUT2D eigenvalue weighted by Crippen LogP contribution is 1.97. The molecule has 0 radical (unpaired) electrons. The van der Waals surface area contributed by atoms with Crippen LogP contribution in [0.5, 0.6) is 0 Å². The average molecular weight is 151 g/mol. The maximum Gasteiger partial charge on any atom is 0.273 e. The minimum atomic E-state index is -0.229. The summed E-state index contributed by atoms with van der Waals surface area (Å²) < 4.78 is 0. The first kappa shape index (κ1) is 5.96. The van der Waals surface area contributed by atoms with Gasteiger partial charge in [-0.2, -0.15) is 0 Å². The van der Waals surface area contributed by atoms with E-state index in [0.29, 0.717) is 10.9 Å². The lowest BCUT2D eigenvalue weighted by Gasteiger charge is -1.82. The highest BCUT2D eigenvalue weighted by Gasteiger charge is 1.98. The molecular formula is C6H5N3O2. The SMILES string of the molecule is O=c1cc2[nH][nH]c(=O)c2c[nH]1. The topological polar surface area (TPSA) is 81.5 Å². The lowest BCUT2D eigenvalue weighted by molar-refractivity contribution is 1.08. The molecule has 0 atom stereocenters. The van der Waals surface area contributed by atoms with Crippen LogP contribution < -0.4 is 11.1 Å². The monoisotopic (exact) mass is 151 g/mol. The standard InChI is InChI=1S/C6H5N3O2/c10-5-1-4-3(2-7-5)6(11)9-8-4/h1-2H,(H,7,10)(H2,8,9,11). The van der Waals surface area contributed by atoms with Crippen LogP contribution in [0.3, 0.4) is 0 Å². The summed E-state index contributed by atoms with van der Waals surface area (Å²) in [5, 5.41) is 5.40. The van der Waals surface area contributed by atoms with Crippen molar-refractivity contribution in [3.8, 4) is 0 Å². The molecule has 0 unspecified atom stereocenters. The molecule has 0 amide bonds. The lowest BCUT2D eigenvalue weighted by Crippen LogP contribution is -2.04. The molecule has 0 saturated carbocycles. The van der Waals surface area contributed by atoms with E-state index >= 15 is 0 Å². The van der Waals surface area contributed by atoms with Gasteiger partial charge in [0.25, 0.3) is 5.56 Å². The Bertz CT molecular complexity index is 490. The summed E-state index contributed by atoms with van der Waals surface area (Å²) in [5.41, 5.74) is 0.0720. The van der Waals surface area contributed by atoms with Crippen LogP contribution >= 0.6 is 0 Å². The summed E-state index contributed by atoms with van der Waals surface area (Å²) in [5.74, 6) is 0. The van der Waals surface area contributed by atoms with E-state index < -0.39 is 0 Å². The maximum atomic E-state index is 10.9. The van der Waals surface area contributed by atoms with Gasteiger partial charge in [-0.3, -0.25) is 19.8 Å². The van der Waals surface area contributed by atoms with Crippen LogP contribution in [0.15, 0.2) is 21.9 Å². The fourth-order valence-corrected chi connectivity index (χ4v) is 0.954. The molecule has 0 aliphatic heterocycles. The van der Waals surface area contributed by atoms with Gasteiger partial charge >= 0.3 is 0 Å². The molecular weight excluding hydrogens is 146 g/mol. The second kappa shape index (κ2) is 1.85.